The molecule has 1 rings (SSSR count). The molecule has 0 bridgehead atoms. The highest BCUT2D eigenvalue weighted by molar-refractivity contribution is 5.87. The van der Waals surface area contributed by atoms with Gasteiger partial charge in [-0.2, -0.15) is 0 Å². The lowest BCUT2D eigenvalue weighted by Crippen LogP contribution is -2.05. The van der Waals surface area contributed by atoms with E-state index in [0.29, 0.717) is 5.56 Å². The number of pyridine rings is 1. The first-order valence-corrected chi connectivity index (χ1v) is 4.33. The van der Waals surface area contributed by atoms with E-state index in [2.05, 4.69) is 9.72 Å². The van der Waals surface area contributed by atoms with Gasteiger partial charge in [-0.3, -0.25) is 0 Å². The predicted octanol–water partition coefficient (Wildman–Crippen LogP) is 1.70. The van der Waals surface area contributed by atoms with Gasteiger partial charge in [-0.05, 0) is 12.0 Å². The van der Waals surface area contributed by atoms with Crippen LogP contribution in [0.5, 0.6) is 5.75 Å². The molecule has 1 aromatic rings. The minimum atomic E-state index is -0.494. The molecule has 0 aliphatic rings. The molecule has 0 atom stereocenters. The second-order valence-corrected chi connectivity index (χ2v) is 3.27. The lowest BCUT2D eigenvalue weighted by Gasteiger charge is -2.08. The third-order valence-corrected chi connectivity index (χ3v) is 1.93. The number of rotatable bonds is 2. The van der Waals surface area contributed by atoms with E-state index in [1.54, 1.807) is 6.07 Å². The van der Waals surface area contributed by atoms with E-state index in [1.807, 2.05) is 13.8 Å². The number of hydrogen-bond donors (Lipinski definition) is 1. The molecule has 1 N–H and O–H groups in total. The number of carbonyl (C=O) groups is 1. The van der Waals surface area contributed by atoms with E-state index >= 15 is 0 Å². The zero-order valence-electron chi connectivity index (χ0n) is 8.44. The number of aromatic nitrogens is 1. The van der Waals surface area contributed by atoms with Crippen LogP contribution in [0.3, 0.4) is 0 Å². The molecule has 0 spiro atoms. The number of carbonyl (C=O) groups excluding carboxylic acids is 1. The highest BCUT2D eigenvalue weighted by Crippen LogP contribution is 2.24. The summed E-state index contributed by atoms with van der Waals surface area (Å²) in [6.07, 6.45) is 1.27. The Balaban J connectivity index is 3.13. The van der Waals surface area contributed by atoms with E-state index in [1.165, 1.54) is 13.3 Å². The molecule has 0 radical (unpaired) electrons. The molecular weight excluding hydrogens is 182 g/mol. The summed E-state index contributed by atoms with van der Waals surface area (Å²) < 4.78 is 4.53. The van der Waals surface area contributed by atoms with Crippen LogP contribution in [0.15, 0.2) is 12.3 Å². The van der Waals surface area contributed by atoms with Gasteiger partial charge in [0.1, 0.15) is 11.4 Å². The fourth-order valence-electron chi connectivity index (χ4n) is 1.14. The minimum absolute atomic E-state index is 0.104. The Labute approximate surface area is 82.5 Å². The Kier molecular flexibility index (Phi) is 3.06. The maximum absolute atomic E-state index is 11.1. The van der Waals surface area contributed by atoms with E-state index in [-0.39, 0.29) is 17.4 Å². The largest absolute Gasteiger partial charge is 0.506 e. The van der Waals surface area contributed by atoms with Gasteiger partial charge < -0.3 is 9.84 Å². The van der Waals surface area contributed by atoms with Crippen molar-refractivity contribution in [1.82, 2.24) is 4.98 Å². The quantitative estimate of drug-likeness (QED) is 0.729. The van der Waals surface area contributed by atoms with Crippen LogP contribution in [-0.4, -0.2) is 23.2 Å². The van der Waals surface area contributed by atoms with Gasteiger partial charge in [0, 0.05) is 5.56 Å². The molecule has 76 valence electrons. The number of methoxy groups -OCH3 is 1. The molecule has 1 aromatic heterocycles. The summed E-state index contributed by atoms with van der Waals surface area (Å²) in [5, 5.41) is 9.45. The summed E-state index contributed by atoms with van der Waals surface area (Å²) in [6.45, 7) is 3.85. The molecule has 1 heterocycles. The van der Waals surface area contributed by atoms with E-state index < -0.39 is 5.97 Å². The van der Waals surface area contributed by atoms with Crippen molar-refractivity contribution >= 4 is 5.97 Å². The highest BCUT2D eigenvalue weighted by Gasteiger charge is 2.12. The first kappa shape index (κ1) is 10.5. The maximum atomic E-state index is 11.1. The zero-order chi connectivity index (χ0) is 10.7. The Bertz CT molecular complexity index is 347. The minimum Gasteiger partial charge on any atom is -0.506 e. The van der Waals surface area contributed by atoms with Crippen LogP contribution in [0.25, 0.3) is 0 Å². The lowest BCUT2D eigenvalue weighted by atomic mass is 10.0. The molecule has 4 nitrogen and oxygen atoms in total. The van der Waals surface area contributed by atoms with Crippen molar-refractivity contribution in [3.63, 3.8) is 0 Å². The van der Waals surface area contributed by atoms with Crippen LogP contribution in [0.4, 0.5) is 0 Å². The molecule has 0 saturated heterocycles. The summed E-state index contributed by atoms with van der Waals surface area (Å²) in [5.74, 6) is -0.249. The summed E-state index contributed by atoms with van der Waals surface area (Å²) in [6, 6.07) is 1.55. The fraction of sp³-hybridized carbons (Fsp3) is 0.400. The van der Waals surface area contributed by atoms with E-state index in [4.69, 9.17) is 0 Å². The Morgan fingerprint density at radius 3 is 2.71 bits per heavy atom. The van der Waals surface area contributed by atoms with Gasteiger partial charge >= 0.3 is 5.97 Å². The molecule has 0 amide bonds. The average Bonchev–Trinajstić information content (AvgIpc) is 2.17. The average molecular weight is 195 g/mol. The third-order valence-electron chi connectivity index (χ3n) is 1.93. The van der Waals surface area contributed by atoms with Gasteiger partial charge in [0.05, 0.1) is 13.3 Å². The standard InChI is InChI=1S/C10H13NO3/c1-6(2)7-4-8(10(13)14-3)11-5-9(7)12/h4-6,12H,1-3H3. The van der Waals surface area contributed by atoms with Gasteiger partial charge in [0.2, 0.25) is 0 Å². The van der Waals surface area contributed by atoms with Crippen molar-refractivity contribution in [2.24, 2.45) is 0 Å². The SMILES string of the molecule is COC(=O)c1cc(C(C)C)c(O)cn1. The van der Waals surface area contributed by atoms with Crippen LogP contribution >= 0.6 is 0 Å². The monoisotopic (exact) mass is 195 g/mol. The van der Waals surface area contributed by atoms with Crippen molar-refractivity contribution in [1.29, 1.82) is 0 Å². The van der Waals surface area contributed by atoms with Crippen LogP contribution in [0, 0.1) is 0 Å². The van der Waals surface area contributed by atoms with Gasteiger partial charge in [-0.1, -0.05) is 13.8 Å². The molecular formula is C10H13NO3. The summed E-state index contributed by atoms with van der Waals surface area (Å²) >= 11 is 0. The Hall–Kier alpha value is -1.58. The summed E-state index contributed by atoms with van der Waals surface area (Å²) in [7, 11) is 1.30. The van der Waals surface area contributed by atoms with Crippen LogP contribution in [0.1, 0.15) is 35.8 Å². The molecule has 0 aromatic carbocycles. The number of esters is 1. The molecule has 14 heavy (non-hydrogen) atoms. The van der Waals surface area contributed by atoms with Gasteiger partial charge in [0.15, 0.2) is 0 Å². The molecule has 0 fully saturated rings. The van der Waals surface area contributed by atoms with Crippen LogP contribution in [0.2, 0.25) is 0 Å². The van der Waals surface area contributed by atoms with Crippen molar-refractivity contribution in [2.75, 3.05) is 7.11 Å². The summed E-state index contributed by atoms with van der Waals surface area (Å²) in [5.41, 5.74) is 0.911. The van der Waals surface area contributed by atoms with Gasteiger partial charge in [-0.15, -0.1) is 0 Å². The second kappa shape index (κ2) is 4.09. The molecule has 0 aliphatic heterocycles. The fourth-order valence-corrected chi connectivity index (χ4v) is 1.14. The zero-order valence-corrected chi connectivity index (χ0v) is 8.44. The predicted molar refractivity (Wildman–Crippen MR) is 51.3 cm³/mol. The maximum Gasteiger partial charge on any atom is 0.356 e. The van der Waals surface area contributed by atoms with E-state index in [9.17, 15) is 9.90 Å². The number of ether oxygens (including phenoxy) is 1. The van der Waals surface area contributed by atoms with Crippen molar-refractivity contribution < 1.29 is 14.6 Å². The first-order valence-electron chi connectivity index (χ1n) is 4.33. The lowest BCUT2D eigenvalue weighted by molar-refractivity contribution is 0.0594. The molecule has 0 aliphatic carbocycles. The Morgan fingerprint density at radius 1 is 1.57 bits per heavy atom. The van der Waals surface area contributed by atoms with Crippen LogP contribution < -0.4 is 0 Å². The number of nitrogens with zero attached hydrogens (tertiary/aromatic N) is 1. The van der Waals surface area contributed by atoms with Gasteiger partial charge in [-0.25, -0.2) is 9.78 Å². The second-order valence-electron chi connectivity index (χ2n) is 3.27. The van der Waals surface area contributed by atoms with Crippen molar-refractivity contribution in [2.45, 2.75) is 19.8 Å². The third kappa shape index (κ3) is 2.02. The number of hydrogen-bond acceptors (Lipinski definition) is 4. The topological polar surface area (TPSA) is 59.4 Å². The Morgan fingerprint density at radius 2 is 2.21 bits per heavy atom. The van der Waals surface area contributed by atoms with E-state index in [0.717, 1.165) is 0 Å². The number of aromatic hydroxyl groups is 1. The normalized spacial score (nSPS) is 10.3. The molecule has 0 unspecified atom stereocenters. The molecule has 4 heteroatoms. The van der Waals surface area contributed by atoms with Crippen LogP contribution in [-0.2, 0) is 4.74 Å². The first-order chi connectivity index (χ1) is 6.56. The van der Waals surface area contributed by atoms with Crippen molar-refractivity contribution in [3.8, 4) is 5.75 Å². The molecule has 0 saturated carbocycles. The van der Waals surface area contributed by atoms with Gasteiger partial charge in [0.25, 0.3) is 0 Å². The smallest absolute Gasteiger partial charge is 0.356 e. The summed E-state index contributed by atoms with van der Waals surface area (Å²) in [4.78, 5) is 14.9. The van der Waals surface area contributed by atoms with Crippen molar-refractivity contribution in [3.05, 3.63) is 23.5 Å². The highest BCUT2D eigenvalue weighted by atomic mass is 16.5.